The molecule has 0 atom stereocenters. The molecular weight excluding hydrogens is 144 g/mol. The van der Waals surface area contributed by atoms with E-state index >= 15 is 0 Å². The molecule has 0 unspecified atom stereocenters. The van der Waals surface area contributed by atoms with Crippen molar-refractivity contribution in [3.63, 3.8) is 0 Å². The fourth-order valence-electron chi connectivity index (χ4n) is 0.803. The highest BCUT2D eigenvalue weighted by Gasteiger charge is 1.94. The normalized spacial score (nSPS) is 13.5. The number of hydrogen-bond acceptors (Lipinski definition) is 0. The molecule has 0 radical (unpaired) electrons. The minimum absolute atomic E-state index is 0.00150. The molecule has 0 saturated carbocycles. The first-order chi connectivity index (χ1) is 3.77. The third kappa shape index (κ3) is 6.65. The summed E-state index contributed by atoms with van der Waals surface area (Å²) in [6, 6.07) is 1.65. The molecule has 0 rings (SSSR count). The Labute approximate surface area is 58.9 Å². The van der Waals surface area contributed by atoms with Crippen LogP contribution in [0, 0.1) is 0 Å². The summed E-state index contributed by atoms with van der Waals surface area (Å²) < 4.78 is 0. The highest BCUT2D eigenvalue weighted by atomic mass is 29.5. The third-order valence-electron chi connectivity index (χ3n) is 1.39. The van der Waals surface area contributed by atoms with Crippen LogP contribution in [0.15, 0.2) is 0 Å². The molecule has 0 aromatic carbocycles. The van der Waals surface area contributed by atoms with Crippen molar-refractivity contribution in [2.45, 2.75) is 32.5 Å². The van der Waals surface area contributed by atoms with E-state index in [0.717, 1.165) is 0 Å². The van der Waals surface area contributed by atoms with Crippen LogP contribution in [0.5, 0.6) is 0 Å². The monoisotopic (exact) mass is 162 g/mol. The summed E-state index contributed by atoms with van der Waals surface area (Å²) in [5.41, 5.74) is 0. The smallest absolute Gasteiger partial charge is 0.0149 e. The Bertz CT molecular complexity index is 44.9. The molecule has 0 nitrogen and oxygen atoms in total. The van der Waals surface area contributed by atoms with Gasteiger partial charge >= 0.3 is 0 Å². The van der Waals surface area contributed by atoms with Crippen molar-refractivity contribution in [2.75, 3.05) is 0 Å². The van der Waals surface area contributed by atoms with E-state index in [2.05, 4.69) is 20.0 Å². The predicted molar refractivity (Wildman–Crippen MR) is 51.1 cm³/mol. The molecule has 0 heterocycles. The molecule has 0 saturated heterocycles. The predicted octanol–water partition coefficient (Wildman–Crippen LogP) is 0.0507. The Morgan fingerprint density at radius 3 is 2.38 bits per heavy atom. The lowest BCUT2D eigenvalue weighted by molar-refractivity contribution is 1.08. The SMILES string of the molecule is CCC[SiH2][SiH2][SiH](C)C. The molecule has 0 amide bonds. The van der Waals surface area contributed by atoms with E-state index in [0.29, 0.717) is 17.6 Å². The van der Waals surface area contributed by atoms with Crippen LogP contribution in [0.25, 0.3) is 0 Å². The molecule has 0 aliphatic carbocycles. The lowest BCUT2D eigenvalue weighted by Crippen LogP contribution is -2.19. The number of rotatable bonds is 4. The fraction of sp³-hybridized carbons (Fsp3) is 1.00. The molecule has 0 aromatic rings. The highest BCUT2D eigenvalue weighted by molar-refractivity contribution is 7.35. The van der Waals surface area contributed by atoms with E-state index in [-0.39, 0.29) is 8.31 Å². The first-order valence-electron chi connectivity index (χ1n) is 3.77. The average molecular weight is 162 g/mol. The second-order valence-corrected chi connectivity index (χ2v) is 21.6. The van der Waals surface area contributed by atoms with Gasteiger partial charge in [0, 0.05) is 25.9 Å². The van der Waals surface area contributed by atoms with Gasteiger partial charge in [0.1, 0.15) is 0 Å². The van der Waals surface area contributed by atoms with E-state index in [1.54, 1.807) is 6.04 Å². The van der Waals surface area contributed by atoms with Crippen LogP contribution in [-0.4, -0.2) is 25.9 Å². The molecular formula is C5H18Si3. The van der Waals surface area contributed by atoms with E-state index in [1.807, 2.05) is 0 Å². The Balaban J connectivity index is 2.72. The Kier molecular flexibility index (Phi) is 6.25. The first kappa shape index (κ1) is 8.65. The van der Waals surface area contributed by atoms with Gasteiger partial charge < -0.3 is 0 Å². The van der Waals surface area contributed by atoms with Crippen molar-refractivity contribution in [3.8, 4) is 0 Å². The summed E-state index contributed by atoms with van der Waals surface area (Å²) >= 11 is 0. The maximum Gasteiger partial charge on any atom is 0.0149 e. The molecule has 0 aliphatic heterocycles. The largest absolute Gasteiger partial charge is 0.0748 e. The van der Waals surface area contributed by atoms with Crippen molar-refractivity contribution < 1.29 is 0 Å². The Hall–Kier alpha value is 0.651. The van der Waals surface area contributed by atoms with Crippen LogP contribution >= 0.6 is 0 Å². The second kappa shape index (κ2) is 5.78. The minimum atomic E-state index is -0.00150. The zero-order valence-electron chi connectivity index (χ0n) is 6.41. The fourth-order valence-corrected chi connectivity index (χ4v) is 17.2. The Morgan fingerprint density at radius 2 is 2.00 bits per heavy atom. The van der Waals surface area contributed by atoms with Crippen molar-refractivity contribution in [3.05, 3.63) is 0 Å². The first-order valence-corrected chi connectivity index (χ1v) is 14.3. The molecule has 50 valence electrons. The zero-order chi connectivity index (χ0) is 6.41. The topological polar surface area (TPSA) is 0 Å². The average Bonchev–Trinajstić information content (AvgIpc) is 1.66. The van der Waals surface area contributed by atoms with Crippen LogP contribution < -0.4 is 0 Å². The van der Waals surface area contributed by atoms with Crippen LogP contribution in [-0.2, 0) is 0 Å². The molecule has 0 aliphatic rings. The van der Waals surface area contributed by atoms with Gasteiger partial charge in [-0.2, -0.15) is 0 Å². The third-order valence-corrected chi connectivity index (χ3v) is 24.4. The molecule has 0 bridgehead atoms. The van der Waals surface area contributed by atoms with Gasteiger partial charge in [-0.3, -0.25) is 0 Å². The highest BCUT2D eigenvalue weighted by Crippen LogP contribution is 1.84. The molecule has 0 fully saturated rings. The van der Waals surface area contributed by atoms with Gasteiger partial charge in [-0.05, 0) is 0 Å². The number of hydrogen-bond donors (Lipinski definition) is 0. The summed E-state index contributed by atoms with van der Waals surface area (Å²) in [6.07, 6.45) is 1.47. The maximum atomic E-state index is 2.52. The molecule has 8 heavy (non-hydrogen) atoms. The van der Waals surface area contributed by atoms with Gasteiger partial charge in [-0.25, -0.2) is 0 Å². The van der Waals surface area contributed by atoms with Crippen molar-refractivity contribution >= 4 is 25.9 Å². The van der Waals surface area contributed by atoms with E-state index < -0.39 is 0 Å². The summed E-state index contributed by atoms with van der Waals surface area (Å²) in [5, 5.41) is 0. The van der Waals surface area contributed by atoms with E-state index in [4.69, 9.17) is 0 Å². The molecule has 0 N–H and O–H groups in total. The standard InChI is InChI=1S/C5H18Si3/c1-4-5-6-7-8(2)3/h8H,4-7H2,1-3H3. The summed E-state index contributed by atoms with van der Waals surface area (Å²) in [7, 11) is 1.18. The second-order valence-electron chi connectivity index (χ2n) is 2.89. The molecule has 0 spiro atoms. The summed E-state index contributed by atoms with van der Waals surface area (Å²) in [6.45, 7) is 7.37. The van der Waals surface area contributed by atoms with Gasteiger partial charge in [-0.15, -0.1) is 0 Å². The van der Waals surface area contributed by atoms with E-state index in [1.165, 1.54) is 6.42 Å². The summed E-state index contributed by atoms with van der Waals surface area (Å²) in [5.74, 6) is 0. The lowest BCUT2D eigenvalue weighted by Gasteiger charge is -1.97. The van der Waals surface area contributed by atoms with Gasteiger partial charge in [0.2, 0.25) is 0 Å². The zero-order valence-corrected chi connectivity index (χ0v) is 10.4. The van der Waals surface area contributed by atoms with Crippen molar-refractivity contribution in [1.29, 1.82) is 0 Å². The van der Waals surface area contributed by atoms with Crippen LogP contribution in [0.3, 0.4) is 0 Å². The van der Waals surface area contributed by atoms with Gasteiger partial charge in [-0.1, -0.05) is 32.5 Å². The van der Waals surface area contributed by atoms with Gasteiger partial charge in [0.15, 0.2) is 0 Å². The maximum absolute atomic E-state index is 2.52. The van der Waals surface area contributed by atoms with Crippen molar-refractivity contribution in [1.82, 2.24) is 0 Å². The Morgan fingerprint density at radius 1 is 1.38 bits per heavy atom. The van der Waals surface area contributed by atoms with E-state index in [9.17, 15) is 0 Å². The molecule has 0 aromatic heterocycles. The molecule has 3 heteroatoms. The van der Waals surface area contributed by atoms with Crippen LogP contribution in [0.1, 0.15) is 13.3 Å². The van der Waals surface area contributed by atoms with Crippen LogP contribution in [0.4, 0.5) is 0 Å². The lowest BCUT2D eigenvalue weighted by atomic mass is 10.6. The minimum Gasteiger partial charge on any atom is -0.0748 e. The van der Waals surface area contributed by atoms with Crippen molar-refractivity contribution in [2.24, 2.45) is 0 Å². The van der Waals surface area contributed by atoms with Gasteiger partial charge in [0.05, 0.1) is 0 Å². The van der Waals surface area contributed by atoms with Gasteiger partial charge in [0.25, 0.3) is 0 Å². The van der Waals surface area contributed by atoms with Crippen LogP contribution in [0.2, 0.25) is 19.1 Å². The quantitative estimate of drug-likeness (QED) is 0.405. The summed E-state index contributed by atoms with van der Waals surface area (Å²) in [4.78, 5) is 0.